The maximum absolute atomic E-state index is 12.3. The largest absolute Gasteiger partial charge is 0.469 e. The van der Waals surface area contributed by atoms with Crippen LogP contribution in [0.25, 0.3) is 0 Å². The van der Waals surface area contributed by atoms with E-state index < -0.39 is 38.6 Å². The Labute approximate surface area is 271 Å². The van der Waals surface area contributed by atoms with Gasteiger partial charge in [-0.15, -0.1) is 0 Å². The molecule has 10 heteroatoms. The van der Waals surface area contributed by atoms with E-state index in [1.54, 1.807) is 12.2 Å². The summed E-state index contributed by atoms with van der Waals surface area (Å²) in [4.78, 5) is 42.5. The second kappa shape index (κ2) is 29.1. The number of carbonyl (C=O) groups is 2. The Balaban J connectivity index is 4.26. The molecular weight excluding hydrogens is 595 g/mol. The number of unbranched alkanes of at least 4 members (excludes halogenated alkanes) is 5. The van der Waals surface area contributed by atoms with Crippen LogP contribution in [0.4, 0.5) is 0 Å². The Bertz CT molecular complexity index is 947. The van der Waals surface area contributed by atoms with E-state index in [0.29, 0.717) is 25.2 Å². The molecular formula is C35H59O9P. The molecule has 0 heterocycles. The van der Waals surface area contributed by atoms with Gasteiger partial charge in [0.2, 0.25) is 0 Å². The smallest absolute Gasteiger partial charge is 0.462 e. The molecule has 0 aromatic carbocycles. The lowest BCUT2D eigenvalue weighted by molar-refractivity contribution is -0.161. The summed E-state index contributed by atoms with van der Waals surface area (Å²) < 4.78 is 26.0. The number of hydrogen-bond donors (Lipinski definition) is 3. The van der Waals surface area contributed by atoms with Crippen molar-refractivity contribution in [3.05, 3.63) is 60.8 Å². The highest BCUT2D eigenvalue weighted by molar-refractivity contribution is 7.46. The molecule has 9 nitrogen and oxygen atoms in total. The number of phosphoric acid groups is 1. The minimum absolute atomic E-state index is 0.0338. The van der Waals surface area contributed by atoms with Crippen LogP contribution < -0.4 is 0 Å². The molecule has 0 saturated carbocycles. The van der Waals surface area contributed by atoms with E-state index >= 15 is 0 Å². The van der Waals surface area contributed by atoms with E-state index in [4.69, 9.17) is 19.3 Å². The molecule has 0 aromatic rings. The first-order valence-corrected chi connectivity index (χ1v) is 18.1. The first-order chi connectivity index (χ1) is 21.5. The third-order valence-corrected chi connectivity index (χ3v) is 7.07. The van der Waals surface area contributed by atoms with Crippen molar-refractivity contribution in [1.29, 1.82) is 0 Å². The lowest BCUT2D eigenvalue weighted by Crippen LogP contribution is -2.29. The predicted octanol–water partition coefficient (Wildman–Crippen LogP) is 8.22. The molecule has 0 saturated heterocycles. The minimum atomic E-state index is -4.79. The molecule has 0 radical (unpaired) electrons. The van der Waals surface area contributed by atoms with Crippen molar-refractivity contribution < 1.29 is 43.0 Å². The van der Waals surface area contributed by atoms with Gasteiger partial charge in [-0.2, -0.15) is 0 Å². The van der Waals surface area contributed by atoms with Gasteiger partial charge in [0.15, 0.2) is 6.10 Å². The number of hydrogen-bond acceptors (Lipinski definition) is 7. The third kappa shape index (κ3) is 32.9. The van der Waals surface area contributed by atoms with Gasteiger partial charge in [-0.1, -0.05) is 120 Å². The second-order valence-corrected chi connectivity index (χ2v) is 12.7. The zero-order valence-electron chi connectivity index (χ0n) is 27.8. The fraction of sp³-hybridized carbons (Fsp3) is 0.657. The monoisotopic (exact) mass is 654 g/mol. The molecule has 0 spiro atoms. The summed E-state index contributed by atoms with van der Waals surface area (Å²) in [5, 5.41) is 10.1. The topological polar surface area (TPSA) is 140 Å². The van der Waals surface area contributed by atoms with E-state index in [2.05, 4.69) is 61.8 Å². The number of phosphoric ester groups is 1. The summed E-state index contributed by atoms with van der Waals surface area (Å²) in [7, 11) is -4.79. The van der Waals surface area contributed by atoms with Gasteiger partial charge in [0.25, 0.3) is 0 Å². The number of allylic oxidation sites excluding steroid dienone is 9. The van der Waals surface area contributed by atoms with Crippen molar-refractivity contribution >= 4 is 19.8 Å². The number of aliphatic hydroxyl groups excluding tert-OH is 1. The maximum Gasteiger partial charge on any atom is 0.469 e. The van der Waals surface area contributed by atoms with Crippen LogP contribution >= 0.6 is 7.82 Å². The van der Waals surface area contributed by atoms with E-state index in [1.165, 1.54) is 19.3 Å². The van der Waals surface area contributed by atoms with Crippen LogP contribution in [0.1, 0.15) is 117 Å². The lowest BCUT2D eigenvalue weighted by atomic mass is 10.0. The molecule has 45 heavy (non-hydrogen) atoms. The van der Waals surface area contributed by atoms with Crippen LogP contribution in [0, 0.1) is 5.92 Å². The first-order valence-electron chi connectivity index (χ1n) is 16.5. The first kappa shape index (κ1) is 42.7. The van der Waals surface area contributed by atoms with Crippen LogP contribution in [0.5, 0.6) is 0 Å². The number of esters is 2. The van der Waals surface area contributed by atoms with E-state index in [1.807, 2.05) is 12.2 Å². The van der Waals surface area contributed by atoms with Crippen LogP contribution in [-0.4, -0.2) is 52.3 Å². The summed E-state index contributed by atoms with van der Waals surface area (Å²) in [6, 6.07) is 0. The zero-order valence-corrected chi connectivity index (χ0v) is 28.7. The van der Waals surface area contributed by atoms with Crippen molar-refractivity contribution in [2.45, 2.75) is 129 Å². The molecule has 3 N–H and O–H groups in total. The van der Waals surface area contributed by atoms with Gasteiger partial charge in [-0.3, -0.25) is 14.1 Å². The summed E-state index contributed by atoms with van der Waals surface area (Å²) in [5.41, 5.74) is 0. The van der Waals surface area contributed by atoms with Crippen LogP contribution in [0.15, 0.2) is 60.8 Å². The van der Waals surface area contributed by atoms with Crippen LogP contribution in [-0.2, 0) is 28.2 Å². The molecule has 0 aliphatic carbocycles. The third-order valence-electron chi connectivity index (χ3n) is 6.58. The highest BCUT2D eigenvalue weighted by Gasteiger charge is 2.23. The standard InChI is InChI=1S/C35H59O9P/c1-4-5-6-7-8-9-10-11-12-13-14-18-21-25-32(36)26-23-28-34(37)42-29-33(30-43-45(39,40)41)44-35(38)27-22-19-16-15-17-20-24-31(2)3/h5-6,8-9,11-12,14,18,21,25,31-33,36H,4,7,10,13,15-17,19-20,22-24,26-30H2,1-3H3,(H2,39,40,41)/b6-5-,9-8-,12-11-,18-14-,25-21+/t32?,33-/m1/s1. The molecule has 0 bridgehead atoms. The van der Waals surface area contributed by atoms with E-state index in [-0.39, 0.29) is 19.4 Å². The molecule has 2 atom stereocenters. The highest BCUT2D eigenvalue weighted by Crippen LogP contribution is 2.35. The highest BCUT2D eigenvalue weighted by atomic mass is 31.2. The van der Waals surface area contributed by atoms with Gasteiger partial charge < -0.3 is 24.4 Å². The van der Waals surface area contributed by atoms with Gasteiger partial charge in [0, 0.05) is 12.8 Å². The Morgan fingerprint density at radius 2 is 1.29 bits per heavy atom. The van der Waals surface area contributed by atoms with Crippen molar-refractivity contribution in [3.63, 3.8) is 0 Å². The molecule has 0 aliphatic heterocycles. The molecule has 0 aliphatic rings. The zero-order chi connectivity index (χ0) is 33.6. The predicted molar refractivity (Wildman–Crippen MR) is 180 cm³/mol. The quantitative estimate of drug-likeness (QED) is 0.0250. The van der Waals surface area contributed by atoms with Crippen molar-refractivity contribution in [2.24, 2.45) is 5.92 Å². The maximum atomic E-state index is 12.3. The summed E-state index contributed by atoms with van der Waals surface area (Å²) >= 11 is 0. The fourth-order valence-corrected chi connectivity index (χ4v) is 4.47. The normalized spacial score (nSPS) is 14.1. The van der Waals surface area contributed by atoms with Crippen molar-refractivity contribution in [1.82, 2.24) is 0 Å². The number of ether oxygens (including phenoxy) is 2. The van der Waals surface area contributed by atoms with Crippen LogP contribution in [0.2, 0.25) is 0 Å². The molecule has 0 fully saturated rings. The Hall–Kier alpha value is -2.29. The van der Waals surface area contributed by atoms with Crippen molar-refractivity contribution in [3.8, 4) is 0 Å². The van der Waals surface area contributed by atoms with Gasteiger partial charge >= 0.3 is 19.8 Å². The van der Waals surface area contributed by atoms with Gasteiger partial charge in [0.1, 0.15) is 6.61 Å². The number of carbonyl (C=O) groups excluding carboxylic acids is 2. The average molecular weight is 655 g/mol. The number of rotatable bonds is 28. The Morgan fingerprint density at radius 1 is 0.711 bits per heavy atom. The lowest BCUT2D eigenvalue weighted by Gasteiger charge is -2.18. The molecule has 0 rings (SSSR count). The summed E-state index contributed by atoms with van der Waals surface area (Å²) in [6.07, 6.45) is 30.2. The van der Waals surface area contributed by atoms with E-state index in [9.17, 15) is 19.3 Å². The molecule has 0 aromatic heterocycles. The minimum Gasteiger partial charge on any atom is -0.462 e. The Kier molecular flexibility index (Phi) is 27.7. The SMILES string of the molecule is CC/C=C\C/C=C\C/C=C\C/C=C\C=C\C(O)CCCC(=O)OC[C@H](COP(=O)(O)O)OC(=O)CCCCCCCCC(C)C. The van der Waals surface area contributed by atoms with Crippen LogP contribution in [0.3, 0.4) is 0 Å². The van der Waals surface area contributed by atoms with Crippen molar-refractivity contribution in [2.75, 3.05) is 13.2 Å². The fourth-order valence-electron chi connectivity index (χ4n) is 4.11. The summed E-state index contributed by atoms with van der Waals surface area (Å²) in [6.45, 7) is 5.57. The molecule has 0 amide bonds. The molecule has 1 unspecified atom stereocenters. The number of aliphatic hydroxyl groups is 1. The van der Waals surface area contributed by atoms with Gasteiger partial charge in [-0.25, -0.2) is 4.57 Å². The summed E-state index contributed by atoms with van der Waals surface area (Å²) in [5.74, 6) is -0.391. The van der Waals surface area contributed by atoms with Gasteiger partial charge in [-0.05, 0) is 50.9 Å². The second-order valence-electron chi connectivity index (χ2n) is 11.4. The average Bonchev–Trinajstić information content (AvgIpc) is 2.97. The Morgan fingerprint density at radius 3 is 1.91 bits per heavy atom. The van der Waals surface area contributed by atoms with Gasteiger partial charge in [0.05, 0.1) is 12.7 Å². The molecule has 258 valence electrons. The van der Waals surface area contributed by atoms with E-state index in [0.717, 1.165) is 44.9 Å².